The van der Waals surface area contributed by atoms with E-state index in [1.807, 2.05) is 12.3 Å². The number of pyridine rings is 1. The summed E-state index contributed by atoms with van der Waals surface area (Å²) in [5.41, 5.74) is 1.88. The van der Waals surface area contributed by atoms with E-state index in [2.05, 4.69) is 49.5 Å². The van der Waals surface area contributed by atoms with Gasteiger partial charge in [-0.1, -0.05) is 0 Å². The summed E-state index contributed by atoms with van der Waals surface area (Å²) in [7, 11) is 4.17. The summed E-state index contributed by atoms with van der Waals surface area (Å²) in [5, 5.41) is 0. The first kappa shape index (κ1) is 14.8. The van der Waals surface area contributed by atoms with E-state index >= 15 is 0 Å². The third-order valence-electron chi connectivity index (χ3n) is 2.94. The van der Waals surface area contributed by atoms with Crippen molar-refractivity contribution in [2.75, 3.05) is 26.5 Å². The van der Waals surface area contributed by atoms with Crippen LogP contribution in [0.25, 0.3) is 11.2 Å². The third-order valence-corrected chi connectivity index (χ3v) is 3.56. The van der Waals surface area contributed by atoms with Crippen molar-refractivity contribution >= 4 is 38.7 Å². The molecule has 104 valence electrons. The van der Waals surface area contributed by atoms with Gasteiger partial charge in [-0.15, -0.1) is 11.6 Å². The van der Waals surface area contributed by atoms with Crippen molar-refractivity contribution in [2.24, 2.45) is 0 Å². The SMILES string of the molecule is CN(C)CCCn1c(CCCl)nc2cc(Br)cnc21. The lowest BCUT2D eigenvalue weighted by Gasteiger charge is -2.11. The second-order valence-electron chi connectivity index (χ2n) is 4.77. The molecule has 2 aromatic rings. The van der Waals surface area contributed by atoms with Gasteiger partial charge in [0, 0.05) is 29.5 Å². The van der Waals surface area contributed by atoms with Gasteiger partial charge in [0.1, 0.15) is 11.3 Å². The normalized spacial score (nSPS) is 11.6. The molecule has 0 bridgehead atoms. The zero-order chi connectivity index (χ0) is 13.8. The minimum absolute atomic E-state index is 0.582. The van der Waals surface area contributed by atoms with Gasteiger partial charge in [-0.2, -0.15) is 0 Å². The molecule has 19 heavy (non-hydrogen) atoms. The summed E-state index contributed by atoms with van der Waals surface area (Å²) in [4.78, 5) is 11.3. The van der Waals surface area contributed by atoms with Crippen molar-refractivity contribution in [3.63, 3.8) is 0 Å². The van der Waals surface area contributed by atoms with Gasteiger partial charge in [0.05, 0.1) is 0 Å². The fourth-order valence-electron chi connectivity index (χ4n) is 2.09. The fourth-order valence-corrected chi connectivity index (χ4v) is 2.58. The maximum absolute atomic E-state index is 5.86. The number of rotatable bonds is 6. The molecular weight excluding hydrogens is 328 g/mol. The van der Waals surface area contributed by atoms with Crippen molar-refractivity contribution in [3.05, 3.63) is 22.6 Å². The number of alkyl halides is 1. The van der Waals surface area contributed by atoms with Crippen LogP contribution in [-0.2, 0) is 13.0 Å². The zero-order valence-corrected chi connectivity index (χ0v) is 13.6. The second kappa shape index (κ2) is 6.68. The van der Waals surface area contributed by atoms with Crippen molar-refractivity contribution in [1.82, 2.24) is 19.4 Å². The smallest absolute Gasteiger partial charge is 0.160 e. The summed E-state index contributed by atoms with van der Waals surface area (Å²) in [6.07, 6.45) is 3.67. The molecule has 2 rings (SSSR count). The molecule has 0 saturated carbocycles. The number of hydrogen-bond acceptors (Lipinski definition) is 3. The maximum atomic E-state index is 5.86. The van der Waals surface area contributed by atoms with Crippen molar-refractivity contribution in [1.29, 1.82) is 0 Å². The number of imidazole rings is 1. The van der Waals surface area contributed by atoms with Crippen LogP contribution in [0.3, 0.4) is 0 Å². The van der Waals surface area contributed by atoms with E-state index in [4.69, 9.17) is 11.6 Å². The highest BCUT2D eigenvalue weighted by atomic mass is 79.9. The first-order valence-corrected chi connectivity index (χ1v) is 7.66. The molecule has 2 aromatic heterocycles. The molecule has 0 aliphatic rings. The van der Waals surface area contributed by atoms with Crippen molar-refractivity contribution in [2.45, 2.75) is 19.4 Å². The van der Waals surface area contributed by atoms with Crippen LogP contribution in [0, 0.1) is 0 Å². The largest absolute Gasteiger partial charge is 0.313 e. The lowest BCUT2D eigenvalue weighted by molar-refractivity contribution is 0.386. The molecule has 0 unspecified atom stereocenters. The van der Waals surface area contributed by atoms with Gasteiger partial charge in [0.2, 0.25) is 0 Å². The Morgan fingerprint density at radius 1 is 1.42 bits per heavy atom. The Labute approximate surface area is 126 Å². The maximum Gasteiger partial charge on any atom is 0.160 e. The van der Waals surface area contributed by atoms with Crippen molar-refractivity contribution in [3.8, 4) is 0 Å². The second-order valence-corrected chi connectivity index (χ2v) is 6.07. The monoisotopic (exact) mass is 344 g/mol. The molecule has 4 nitrogen and oxygen atoms in total. The van der Waals surface area contributed by atoms with Gasteiger partial charge in [-0.3, -0.25) is 0 Å². The molecule has 0 radical (unpaired) electrons. The van der Waals surface area contributed by atoms with E-state index in [9.17, 15) is 0 Å². The molecule has 0 aliphatic heterocycles. The number of halogens is 2. The summed E-state index contributed by atoms with van der Waals surface area (Å²) >= 11 is 9.29. The first-order valence-electron chi connectivity index (χ1n) is 6.33. The van der Waals surface area contributed by atoms with Gasteiger partial charge in [0.25, 0.3) is 0 Å². The number of nitrogens with zero attached hydrogens (tertiary/aromatic N) is 4. The van der Waals surface area contributed by atoms with E-state index in [1.54, 1.807) is 0 Å². The predicted molar refractivity (Wildman–Crippen MR) is 82.8 cm³/mol. The predicted octanol–water partition coefficient (Wildman–Crippen LogP) is 2.93. The quantitative estimate of drug-likeness (QED) is 0.755. The Balaban J connectivity index is 2.29. The molecule has 2 heterocycles. The minimum atomic E-state index is 0.582. The molecule has 0 aliphatic carbocycles. The summed E-state index contributed by atoms with van der Waals surface area (Å²) < 4.78 is 3.14. The van der Waals surface area contributed by atoms with E-state index < -0.39 is 0 Å². The first-order chi connectivity index (χ1) is 9.11. The molecule has 0 atom stereocenters. The van der Waals surface area contributed by atoms with Crippen LogP contribution in [0.4, 0.5) is 0 Å². The Hall–Kier alpha value is -0.650. The fraction of sp³-hybridized carbons (Fsp3) is 0.538. The third kappa shape index (κ3) is 3.68. The standard InChI is InChI=1S/C13H18BrClN4/c1-18(2)6-3-7-19-12(4-5-15)17-11-8-10(14)9-16-13(11)19/h8-9H,3-7H2,1-2H3. The van der Waals surface area contributed by atoms with Crippen LogP contribution in [0.5, 0.6) is 0 Å². The zero-order valence-electron chi connectivity index (χ0n) is 11.2. The highest BCUT2D eigenvalue weighted by Crippen LogP contribution is 2.19. The lowest BCUT2D eigenvalue weighted by atomic mass is 10.3. The van der Waals surface area contributed by atoms with E-state index in [-0.39, 0.29) is 0 Å². The van der Waals surface area contributed by atoms with E-state index in [0.29, 0.717) is 5.88 Å². The average Bonchev–Trinajstić information content (AvgIpc) is 2.66. The molecule has 6 heteroatoms. The topological polar surface area (TPSA) is 34.0 Å². The van der Waals surface area contributed by atoms with Gasteiger partial charge < -0.3 is 9.47 Å². The van der Waals surface area contributed by atoms with E-state index in [0.717, 1.165) is 47.4 Å². The molecule has 0 saturated heterocycles. The average molecular weight is 346 g/mol. The van der Waals surface area contributed by atoms with Crippen LogP contribution >= 0.6 is 27.5 Å². The van der Waals surface area contributed by atoms with Crippen LogP contribution < -0.4 is 0 Å². The highest BCUT2D eigenvalue weighted by molar-refractivity contribution is 9.10. The van der Waals surface area contributed by atoms with Gasteiger partial charge in [-0.25, -0.2) is 9.97 Å². The minimum Gasteiger partial charge on any atom is -0.313 e. The van der Waals surface area contributed by atoms with Crippen LogP contribution in [0.15, 0.2) is 16.7 Å². The van der Waals surface area contributed by atoms with Crippen molar-refractivity contribution < 1.29 is 0 Å². The van der Waals surface area contributed by atoms with Gasteiger partial charge >= 0.3 is 0 Å². The number of hydrogen-bond donors (Lipinski definition) is 0. The number of fused-ring (bicyclic) bond motifs is 1. The van der Waals surface area contributed by atoms with Crippen LogP contribution in [0.1, 0.15) is 12.2 Å². The lowest BCUT2D eigenvalue weighted by Crippen LogP contribution is -2.16. The molecule has 0 amide bonds. The Morgan fingerprint density at radius 2 is 2.21 bits per heavy atom. The Kier molecular flexibility index (Phi) is 5.19. The highest BCUT2D eigenvalue weighted by Gasteiger charge is 2.11. The van der Waals surface area contributed by atoms with E-state index in [1.165, 1.54) is 0 Å². The Morgan fingerprint density at radius 3 is 2.89 bits per heavy atom. The molecule has 0 fully saturated rings. The summed E-state index contributed by atoms with van der Waals surface area (Å²) in [6, 6.07) is 2.00. The molecule has 0 N–H and O–H groups in total. The summed E-state index contributed by atoms with van der Waals surface area (Å²) in [6.45, 7) is 1.98. The van der Waals surface area contributed by atoms with Gasteiger partial charge in [0.15, 0.2) is 5.65 Å². The number of aryl methyl sites for hydroxylation is 2. The van der Waals surface area contributed by atoms with Crippen LogP contribution in [-0.4, -0.2) is 46.0 Å². The van der Waals surface area contributed by atoms with Crippen LogP contribution in [0.2, 0.25) is 0 Å². The molecule has 0 aromatic carbocycles. The van der Waals surface area contributed by atoms with Gasteiger partial charge in [-0.05, 0) is 49.1 Å². The molecular formula is C13H18BrClN4. The molecule has 0 spiro atoms. The Bertz CT molecular complexity index is 553. The number of aromatic nitrogens is 3. The summed E-state index contributed by atoms with van der Waals surface area (Å²) in [5.74, 6) is 1.60.